The van der Waals surface area contributed by atoms with E-state index in [-0.39, 0.29) is 18.6 Å². The molecule has 0 aliphatic rings. The van der Waals surface area contributed by atoms with Gasteiger partial charge in [-0.25, -0.2) is 9.97 Å². The molecule has 0 atom stereocenters. The van der Waals surface area contributed by atoms with Crippen LogP contribution in [0.2, 0.25) is 5.15 Å². The third-order valence-electron chi connectivity index (χ3n) is 2.58. The van der Waals surface area contributed by atoms with Gasteiger partial charge in [-0.1, -0.05) is 11.6 Å². The summed E-state index contributed by atoms with van der Waals surface area (Å²) in [5.74, 6) is 0.373. The lowest BCUT2D eigenvalue weighted by molar-refractivity contribution is -0.145. The standard InChI is InChI=1S/C13H20ClN3O2/c1-5-19-13(18)8-17(9(2)3)7-12-15-10(4)6-11(14)16-12/h6,9H,5,7-8H2,1-4H3. The van der Waals surface area contributed by atoms with Crippen molar-refractivity contribution in [3.8, 4) is 0 Å². The highest BCUT2D eigenvalue weighted by molar-refractivity contribution is 6.29. The lowest BCUT2D eigenvalue weighted by atomic mass is 10.3. The molecule has 1 aromatic rings. The Morgan fingerprint density at radius 3 is 2.68 bits per heavy atom. The monoisotopic (exact) mass is 285 g/mol. The maximum absolute atomic E-state index is 11.6. The lowest BCUT2D eigenvalue weighted by Gasteiger charge is -2.24. The van der Waals surface area contributed by atoms with Crippen LogP contribution in [0.5, 0.6) is 0 Å². The van der Waals surface area contributed by atoms with Crippen LogP contribution in [0.4, 0.5) is 0 Å². The normalized spacial score (nSPS) is 11.1. The molecule has 0 aliphatic carbocycles. The van der Waals surface area contributed by atoms with E-state index < -0.39 is 0 Å². The molecule has 0 unspecified atom stereocenters. The van der Waals surface area contributed by atoms with E-state index >= 15 is 0 Å². The first-order chi connectivity index (χ1) is 8.92. The molecule has 5 nitrogen and oxygen atoms in total. The Kier molecular flexibility index (Phi) is 6.18. The predicted molar refractivity (Wildman–Crippen MR) is 74.0 cm³/mol. The third kappa shape index (κ3) is 5.53. The SMILES string of the molecule is CCOC(=O)CN(Cc1nc(C)cc(Cl)n1)C(C)C. The number of ether oxygens (including phenoxy) is 1. The molecule has 0 saturated heterocycles. The van der Waals surface area contributed by atoms with Gasteiger partial charge >= 0.3 is 5.97 Å². The van der Waals surface area contributed by atoms with Crippen molar-refractivity contribution in [2.24, 2.45) is 0 Å². The van der Waals surface area contributed by atoms with Crippen LogP contribution in [0.3, 0.4) is 0 Å². The summed E-state index contributed by atoms with van der Waals surface area (Å²) in [7, 11) is 0. The minimum atomic E-state index is -0.241. The number of esters is 1. The van der Waals surface area contributed by atoms with Crippen LogP contribution < -0.4 is 0 Å². The molecule has 1 rings (SSSR count). The summed E-state index contributed by atoms with van der Waals surface area (Å²) in [5, 5.41) is 0.419. The maximum Gasteiger partial charge on any atom is 0.320 e. The first-order valence-corrected chi connectivity index (χ1v) is 6.70. The van der Waals surface area contributed by atoms with Gasteiger partial charge in [0.25, 0.3) is 0 Å². The van der Waals surface area contributed by atoms with Crippen LogP contribution in [0.25, 0.3) is 0 Å². The topological polar surface area (TPSA) is 55.3 Å². The summed E-state index contributed by atoms with van der Waals surface area (Å²) in [6.45, 7) is 8.76. The second kappa shape index (κ2) is 7.40. The molecule has 0 fully saturated rings. The van der Waals surface area contributed by atoms with Crippen LogP contribution >= 0.6 is 11.6 Å². The highest BCUT2D eigenvalue weighted by Gasteiger charge is 2.17. The number of aromatic nitrogens is 2. The van der Waals surface area contributed by atoms with Gasteiger partial charge < -0.3 is 4.74 Å². The zero-order valence-corrected chi connectivity index (χ0v) is 12.6. The van der Waals surface area contributed by atoms with Crippen LogP contribution in [0.1, 0.15) is 32.3 Å². The van der Waals surface area contributed by atoms with Crippen LogP contribution in [-0.2, 0) is 16.1 Å². The third-order valence-corrected chi connectivity index (χ3v) is 2.78. The van der Waals surface area contributed by atoms with Gasteiger partial charge in [-0.15, -0.1) is 0 Å². The van der Waals surface area contributed by atoms with E-state index in [1.165, 1.54) is 0 Å². The van der Waals surface area contributed by atoms with Gasteiger partial charge in [0.05, 0.1) is 19.7 Å². The number of hydrogen-bond acceptors (Lipinski definition) is 5. The second-order valence-electron chi connectivity index (χ2n) is 4.55. The van der Waals surface area contributed by atoms with Gasteiger partial charge in [-0.2, -0.15) is 0 Å². The molecule has 106 valence electrons. The Morgan fingerprint density at radius 1 is 1.47 bits per heavy atom. The molecule has 1 aromatic heterocycles. The van der Waals surface area contributed by atoms with Crippen molar-refractivity contribution in [2.45, 2.75) is 40.3 Å². The molecule has 0 amide bonds. The molecule has 1 heterocycles. The average molecular weight is 286 g/mol. The Morgan fingerprint density at radius 2 is 2.16 bits per heavy atom. The minimum Gasteiger partial charge on any atom is -0.465 e. The van der Waals surface area contributed by atoms with Gasteiger partial charge in [0.1, 0.15) is 11.0 Å². The molecule has 0 saturated carbocycles. The fraction of sp³-hybridized carbons (Fsp3) is 0.615. The van der Waals surface area contributed by atoms with Gasteiger partial charge in [0.15, 0.2) is 0 Å². The Bertz CT molecular complexity index is 418. The average Bonchev–Trinajstić information content (AvgIpc) is 2.26. The van der Waals surface area contributed by atoms with Gasteiger partial charge in [0, 0.05) is 11.7 Å². The van der Waals surface area contributed by atoms with E-state index in [1.54, 1.807) is 13.0 Å². The van der Waals surface area contributed by atoms with E-state index in [0.717, 1.165) is 5.69 Å². The summed E-state index contributed by atoms with van der Waals surface area (Å²) in [4.78, 5) is 22.0. The van der Waals surface area contributed by atoms with Crippen LogP contribution in [0, 0.1) is 6.92 Å². The van der Waals surface area contributed by atoms with Crippen molar-refractivity contribution in [2.75, 3.05) is 13.2 Å². The Balaban J connectivity index is 2.75. The first-order valence-electron chi connectivity index (χ1n) is 6.32. The van der Waals surface area contributed by atoms with Crippen LogP contribution in [-0.4, -0.2) is 40.0 Å². The molecule has 0 N–H and O–H groups in total. The van der Waals surface area contributed by atoms with Crippen molar-refractivity contribution in [3.05, 3.63) is 22.7 Å². The Hall–Kier alpha value is -1.20. The molecule has 0 aliphatic heterocycles. The van der Waals surface area contributed by atoms with E-state index in [9.17, 15) is 4.79 Å². The van der Waals surface area contributed by atoms with Crippen molar-refractivity contribution < 1.29 is 9.53 Å². The largest absolute Gasteiger partial charge is 0.465 e. The van der Waals surface area contributed by atoms with Crippen LogP contribution in [0.15, 0.2) is 6.07 Å². The minimum absolute atomic E-state index is 0.187. The number of carbonyl (C=O) groups is 1. The highest BCUT2D eigenvalue weighted by atomic mass is 35.5. The summed E-state index contributed by atoms with van der Waals surface area (Å²) in [6, 6.07) is 1.89. The molecular formula is C13H20ClN3O2. The van der Waals surface area contributed by atoms with E-state index in [2.05, 4.69) is 9.97 Å². The van der Waals surface area contributed by atoms with Gasteiger partial charge in [0.2, 0.25) is 0 Å². The number of hydrogen-bond donors (Lipinski definition) is 0. The highest BCUT2D eigenvalue weighted by Crippen LogP contribution is 2.10. The lowest BCUT2D eigenvalue weighted by Crippen LogP contribution is -2.36. The summed E-state index contributed by atoms with van der Waals surface area (Å²) < 4.78 is 4.96. The Labute approximate surface area is 118 Å². The fourth-order valence-electron chi connectivity index (χ4n) is 1.63. The van der Waals surface area contributed by atoms with Crippen molar-refractivity contribution in [3.63, 3.8) is 0 Å². The molecule has 0 aromatic carbocycles. The van der Waals surface area contributed by atoms with Gasteiger partial charge in [-0.3, -0.25) is 9.69 Å². The first kappa shape index (κ1) is 15.9. The molecule has 0 radical (unpaired) electrons. The molecule has 0 bridgehead atoms. The molecule has 6 heteroatoms. The number of carbonyl (C=O) groups excluding carboxylic acids is 1. The van der Waals surface area contributed by atoms with Crippen molar-refractivity contribution >= 4 is 17.6 Å². The molecule has 0 spiro atoms. The number of halogens is 1. The van der Waals surface area contributed by atoms with Crippen molar-refractivity contribution in [1.82, 2.24) is 14.9 Å². The number of aryl methyl sites for hydroxylation is 1. The smallest absolute Gasteiger partial charge is 0.320 e. The summed E-state index contributed by atoms with van der Waals surface area (Å²) in [6.07, 6.45) is 0. The predicted octanol–water partition coefficient (Wildman–Crippen LogP) is 2.21. The summed E-state index contributed by atoms with van der Waals surface area (Å²) in [5.41, 5.74) is 0.815. The van der Waals surface area contributed by atoms with Gasteiger partial charge in [-0.05, 0) is 33.8 Å². The quantitative estimate of drug-likeness (QED) is 0.592. The molecule has 19 heavy (non-hydrogen) atoms. The molecular weight excluding hydrogens is 266 g/mol. The fourth-order valence-corrected chi connectivity index (χ4v) is 1.89. The number of nitrogens with zero attached hydrogens (tertiary/aromatic N) is 3. The zero-order valence-electron chi connectivity index (χ0n) is 11.8. The maximum atomic E-state index is 11.6. The zero-order chi connectivity index (χ0) is 14.4. The van der Waals surface area contributed by atoms with E-state index in [0.29, 0.717) is 24.1 Å². The summed E-state index contributed by atoms with van der Waals surface area (Å²) >= 11 is 5.91. The van der Waals surface area contributed by atoms with E-state index in [4.69, 9.17) is 16.3 Å². The van der Waals surface area contributed by atoms with E-state index in [1.807, 2.05) is 25.7 Å². The second-order valence-corrected chi connectivity index (χ2v) is 4.94. The number of rotatable bonds is 6. The van der Waals surface area contributed by atoms with Crippen molar-refractivity contribution in [1.29, 1.82) is 0 Å².